The molecule has 3 aromatic rings. The van der Waals surface area contributed by atoms with Gasteiger partial charge >= 0.3 is 5.13 Å². The minimum atomic E-state index is 0.142. The Morgan fingerprint density at radius 1 is 1.11 bits per heavy atom. The van der Waals surface area contributed by atoms with E-state index >= 15 is 0 Å². The molecular weight excluding hydrogens is 360 g/mol. The molecule has 0 atom stereocenters. The van der Waals surface area contributed by atoms with E-state index in [2.05, 4.69) is 39.6 Å². The van der Waals surface area contributed by atoms with Gasteiger partial charge in [0.25, 0.3) is 0 Å². The molecule has 0 fully saturated rings. The van der Waals surface area contributed by atoms with E-state index in [9.17, 15) is 0 Å². The van der Waals surface area contributed by atoms with Crippen molar-refractivity contribution in [2.45, 2.75) is 20.4 Å². The number of rotatable bonds is 8. The van der Waals surface area contributed by atoms with Crippen LogP contribution in [0.15, 0.2) is 52.7 Å². The summed E-state index contributed by atoms with van der Waals surface area (Å²) in [4.78, 5) is 2.12. The zero-order chi connectivity index (χ0) is 19.2. The highest BCUT2D eigenvalue weighted by molar-refractivity contribution is 7.21. The summed E-state index contributed by atoms with van der Waals surface area (Å²) in [7, 11) is 1.67. The number of hydrogen-bond acceptors (Lipinski definition) is 6. The molecule has 0 saturated carbocycles. The number of anilines is 1. The van der Waals surface area contributed by atoms with Gasteiger partial charge in [0, 0.05) is 24.8 Å². The third-order valence-electron chi connectivity index (χ3n) is 4.42. The first-order valence-corrected chi connectivity index (χ1v) is 9.89. The molecule has 1 heterocycles. The number of aliphatic hydroxyl groups excluding tert-OH is 1. The first kappa shape index (κ1) is 19.3. The second-order valence-corrected chi connectivity index (χ2v) is 6.99. The highest BCUT2D eigenvalue weighted by Crippen LogP contribution is 2.30. The number of aliphatic hydroxyl groups is 1. The Morgan fingerprint density at radius 3 is 2.52 bits per heavy atom. The van der Waals surface area contributed by atoms with Crippen molar-refractivity contribution in [1.29, 1.82) is 0 Å². The predicted molar refractivity (Wildman–Crippen MR) is 110 cm³/mol. The van der Waals surface area contributed by atoms with Crippen LogP contribution in [0, 0.1) is 0 Å². The summed E-state index contributed by atoms with van der Waals surface area (Å²) < 4.78 is 8.59. The lowest BCUT2D eigenvalue weighted by Gasteiger charge is -2.21. The standard InChI is InChI=1S/C20H25N4O2S/c1-4-23(12-13-25)16-8-6-15(7-9-16)21-22-20-24(5-2)18-11-10-17(26-3)14-19(18)27-20/h6-11,14,25H,4-5,12-13H2,1-3H3/q+1. The van der Waals surface area contributed by atoms with E-state index in [1.54, 1.807) is 18.4 Å². The van der Waals surface area contributed by atoms with Crippen LogP contribution in [-0.2, 0) is 6.54 Å². The zero-order valence-corrected chi connectivity index (χ0v) is 16.7. The fraction of sp³-hybridized carbons (Fsp3) is 0.350. The van der Waals surface area contributed by atoms with Gasteiger partial charge in [0.1, 0.15) is 17.0 Å². The molecule has 27 heavy (non-hydrogen) atoms. The Labute approximate surface area is 163 Å². The molecule has 0 saturated heterocycles. The van der Waals surface area contributed by atoms with Crippen molar-refractivity contribution < 1.29 is 14.4 Å². The molecule has 0 aliphatic rings. The second kappa shape index (κ2) is 8.92. The van der Waals surface area contributed by atoms with Crippen molar-refractivity contribution in [1.82, 2.24) is 0 Å². The van der Waals surface area contributed by atoms with Crippen molar-refractivity contribution in [2.24, 2.45) is 10.2 Å². The first-order valence-electron chi connectivity index (χ1n) is 9.08. The smallest absolute Gasteiger partial charge is 0.409 e. The maximum absolute atomic E-state index is 9.15. The van der Waals surface area contributed by atoms with E-state index in [0.29, 0.717) is 6.54 Å². The third kappa shape index (κ3) is 4.26. The number of benzene rings is 2. The molecule has 0 unspecified atom stereocenters. The van der Waals surface area contributed by atoms with Crippen LogP contribution in [0.4, 0.5) is 16.5 Å². The molecule has 0 radical (unpaired) electrons. The Bertz CT molecular complexity index is 922. The van der Waals surface area contributed by atoms with Gasteiger partial charge in [-0.1, -0.05) is 0 Å². The van der Waals surface area contributed by atoms with Crippen LogP contribution >= 0.6 is 11.3 Å². The second-order valence-electron chi connectivity index (χ2n) is 5.98. The number of methoxy groups -OCH3 is 1. The third-order valence-corrected chi connectivity index (χ3v) is 5.46. The molecule has 0 bridgehead atoms. The summed E-state index contributed by atoms with van der Waals surface area (Å²) in [5.41, 5.74) is 3.01. The topological polar surface area (TPSA) is 61.3 Å². The SMILES string of the molecule is CCN(CCO)c1ccc(N=Nc2sc3cc(OC)ccc3[n+]2CC)cc1. The number of nitrogens with zero attached hydrogens (tertiary/aromatic N) is 4. The van der Waals surface area contributed by atoms with E-state index in [-0.39, 0.29) is 6.61 Å². The van der Waals surface area contributed by atoms with Crippen LogP contribution in [-0.4, -0.2) is 31.9 Å². The van der Waals surface area contributed by atoms with Crippen molar-refractivity contribution in [3.8, 4) is 5.75 Å². The molecule has 0 spiro atoms. The van der Waals surface area contributed by atoms with Gasteiger partial charge in [-0.3, -0.25) is 0 Å². The molecule has 0 aliphatic carbocycles. The summed E-state index contributed by atoms with van der Waals surface area (Å²) in [6.07, 6.45) is 0. The summed E-state index contributed by atoms with van der Waals surface area (Å²) in [5, 5.41) is 18.9. The van der Waals surface area contributed by atoms with Crippen LogP contribution in [0.1, 0.15) is 13.8 Å². The minimum absolute atomic E-state index is 0.142. The van der Waals surface area contributed by atoms with Crippen LogP contribution in [0.3, 0.4) is 0 Å². The summed E-state index contributed by atoms with van der Waals surface area (Å²) in [6.45, 7) is 6.62. The van der Waals surface area contributed by atoms with Gasteiger partial charge in [-0.05, 0) is 66.7 Å². The number of thiazole rings is 1. The molecule has 0 aliphatic heterocycles. The van der Waals surface area contributed by atoms with Gasteiger partial charge in [-0.25, -0.2) is 4.57 Å². The maximum Gasteiger partial charge on any atom is 0.409 e. The van der Waals surface area contributed by atoms with Gasteiger partial charge in [0.15, 0.2) is 0 Å². The van der Waals surface area contributed by atoms with Crippen LogP contribution in [0.2, 0.25) is 0 Å². The normalized spacial score (nSPS) is 11.4. The molecule has 3 rings (SSSR count). The predicted octanol–water partition coefficient (Wildman–Crippen LogP) is 4.45. The number of azo groups is 1. The Morgan fingerprint density at radius 2 is 1.89 bits per heavy atom. The highest BCUT2D eigenvalue weighted by Gasteiger charge is 2.18. The van der Waals surface area contributed by atoms with Gasteiger partial charge in [0.2, 0.25) is 0 Å². The molecule has 1 N–H and O–H groups in total. The van der Waals surface area contributed by atoms with E-state index in [4.69, 9.17) is 9.84 Å². The number of aromatic nitrogens is 1. The van der Waals surface area contributed by atoms with E-state index in [1.165, 1.54) is 0 Å². The molecule has 7 heteroatoms. The molecule has 0 amide bonds. The average Bonchev–Trinajstić information content (AvgIpc) is 3.07. The monoisotopic (exact) mass is 385 g/mol. The largest absolute Gasteiger partial charge is 0.497 e. The fourth-order valence-electron chi connectivity index (χ4n) is 2.98. The Kier molecular flexibility index (Phi) is 6.36. The lowest BCUT2D eigenvalue weighted by Crippen LogP contribution is -2.30. The molecule has 142 valence electrons. The van der Waals surface area contributed by atoms with Gasteiger partial charge < -0.3 is 14.7 Å². The molecule has 2 aromatic carbocycles. The summed E-state index contributed by atoms with van der Waals surface area (Å²) >= 11 is 1.60. The minimum Gasteiger partial charge on any atom is -0.497 e. The number of hydrogen-bond donors (Lipinski definition) is 1. The zero-order valence-electron chi connectivity index (χ0n) is 15.9. The number of aryl methyl sites for hydroxylation is 1. The molecular formula is C20H25N4O2S+. The molecule has 1 aromatic heterocycles. The maximum atomic E-state index is 9.15. The van der Waals surface area contributed by atoms with Crippen LogP contribution in [0.25, 0.3) is 10.2 Å². The summed E-state index contributed by atoms with van der Waals surface area (Å²) in [6, 6.07) is 14.0. The Hall–Kier alpha value is -2.51. The lowest BCUT2D eigenvalue weighted by atomic mass is 10.2. The number of ether oxygens (including phenoxy) is 1. The van der Waals surface area contributed by atoms with Crippen LogP contribution in [0.5, 0.6) is 5.75 Å². The van der Waals surface area contributed by atoms with Crippen molar-refractivity contribution in [2.75, 3.05) is 31.7 Å². The van der Waals surface area contributed by atoms with Crippen molar-refractivity contribution >= 4 is 38.1 Å². The van der Waals surface area contributed by atoms with Crippen molar-refractivity contribution in [3.63, 3.8) is 0 Å². The summed E-state index contributed by atoms with van der Waals surface area (Å²) in [5.74, 6) is 0.842. The Balaban J connectivity index is 1.85. The average molecular weight is 386 g/mol. The van der Waals surface area contributed by atoms with E-state index in [0.717, 1.165) is 45.6 Å². The quantitative estimate of drug-likeness (QED) is 0.460. The first-order chi connectivity index (χ1) is 13.2. The van der Waals surface area contributed by atoms with E-state index < -0.39 is 0 Å². The fourth-order valence-corrected chi connectivity index (χ4v) is 4.06. The van der Waals surface area contributed by atoms with Gasteiger partial charge in [-0.2, -0.15) is 0 Å². The van der Waals surface area contributed by atoms with Gasteiger partial charge in [-0.15, -0.1) is 0 Å². The number of fused-ring (bicyclic) bond motifs is 1. The van der Waals surface area contributed by atoms with Crippen LogP contribution < -0.4 is 14.2 Å². The molecule has 6 nitrogen and oxygen atoms in total. The van der Waals surface area contributed by atoms with E-state index in [1.807, 2.05) is 36.4 Å². The lowest BCUT2D eigenvalue weighted by molar-refractivity contribution is -0.651. The highest BCUT2D eigenvalue weighted by atomic mass is 32.1. The van der Waals surface area contributed by atoms with Gasteiger partial charge in [0.05, 0.1) is 30.1 Å². The number of likely N-dealkylation sites (N-methyl/N-ethyl adjacent to an activating group) is 1. The van der Waals surface area contributed by atoms with Crippen molar-refractivity contribution in [3.05, 3.63) is 42.5 Å².